The van der Waals surface area contributed by atoms with Crippen LogP contribution in [0.5, 0.6) is 0 Å². The molecule has 76 valence electrons. The maximum absolute atomic E-state index is 11.2. The van der Waals surface area contributed by atoms with Crippen LogP contribution in [0, 0.1) is 5.92 Å². The molecule has 5 nitrogen and oxygen atoms in total. The van der Waals surface area contributed by atoms with E-state index in [4.69, 9.17) is 5.11 Å². The molecule has 1 heterocycles. The van der Waals surface area contributed by atoms with Crippen LogP contribution in [0.2, 0.25) is 0 Å². The van der Waals surface area contributed by atoms with Crippen molar-refractivity contribution in [3.63, 3.8) is 0 Å². The molecule has 0 radical (unpaired) electrons. The fourth-order valence-electron chi connectivity index (χ4n) is 0.731. The van der Waals surface area contributed by atoms with E-state index in [0.29, 0.717) is 4.80 Å². The molecule has 1 unspecified atom stereocenters. The van der Waals surface area contributed by atoms with E-state index in [9.17, 15) is 9.59 Å². The summed E-state index contributed by atoms with van der Waals surface area (Å²) >= 11 is 1.29. The molecule has 0 aromatic carbocycles. The van der Waals surface area contributed by atoms with Crippen molar-refractivity contribution in [1.29, 1.82) is 0 Å². The van der Waals surface area contributed by atoms with Gasteiger partial charge in [-0.15, -0.1) is 11.3 Å². The Morgan fingerprint density at radius 2 is 2.29 bits per heavy atom. The highest BCUT2D eigenvalue weighted by molar-refractivity contribution is 7.07. The van der Waals surface area contributed by atoms with Crippen molar-refractivity contribution in [1.82, 2.24) is 4.57 Å². The summed E-state index contributed by atoms with van der Waals surface area (Å²) in [6.07, 6.45) is 1.75. The van der Waals surface area contributed by atoms with Crippen molar-refractivity contribution in [3.05, 3.63) is 16.4 Å². The summed E-state index contributed by atoms with van der Waals surface area (Å²) in [7, 11) is 1.74. The fourth-order valence-corrected chi connectivity index (χ4v) is 1.47. The van der Waals surface area contributed by atoms with Gasteiger partial charge in [-0.3, -0.25) is 9.59 Å². The number of aliphatic carboxylic acids is 1. The number of carbonyl (C=O) groups excluding carboxylic acids is 1. The van der Waals surface area contributed by atoms with Gasteiger partial charge in [0.05, 0.1) is 0 Å². The van der Waals surface area contributed by atoms with Crippen LogP contribution >= 0.6 is 11.3 Å². The van der Waals surface area contributed by atoms with Gasteiger partial charge in [0.25, 0.3) is 5.91 Å². The third kappa shape index (κ3) is 2.29. The summed E-state index contributed by atoms with van der Waals surface area (Å²) in [5.41, 5.74) is 0. The minimum atomic E-state index is -1.15. The number of hydrogen-bond acceptors (Lipinski definition) is 3. The van der Waals surface area contributed by atoms with Crippen molar-refractivity contribution in [2.45, 2.75) is 6.92 Å². The molecule has 1 rings (SSSR count). The Morgan fingerprint density at radius 3 is 2.71 bits per heavy atom. The smallest absolute Gasteiger partial charge is 0.315 e. The Bertz CT molecular complexity index is 418. The zero-order chi connectivity index (χ0) is 10.7. The van der Waals surface area contributed by atoms with Gasteiger partial charge in [0.2, 0.25) is 0 Å². The first-order valence-corrected chi connectivity index (χ1v) is 4.82. The number of nitrogens with zero attached hydrogens (tertiary/aromatic N) is 2. The highest BCUT2D eigenvalue weighted by Crippen LogP contribution is 1.97. The SMILES string of the molecule is CC(C(=O)O)C(=O)N=c1sccn1C. The van der Waals surface area contributed by atoms with Gasteiger partial charge in [0.1, 0.15) is 5.92 Å². The number of carbonyl (C=O) groups is 2. The standard InChI is InChI=1S/C8H10N2O3S/c1-5(7(12)13)6(11)9-8-10(2)3-4-14-8/h3-5H,1-2H3,(H,12,13). The van der Waals surface area contributed by atoms with Crippen molar-refractivity contribution in [2.24, 2.45) is 18.0 Å². The monoisotopic (exact) mass is 214 g/mol. The van der Waals surface area contributed by atoms with E-state index < -0.39 is 17.8 Å². The fraction of sp³-hybridized carbons (Fsp3) is 0.375. The number of carboxylic acid groups (broad SMARTS) is 1. The first-order valence-electron chi connectivity index (χ1n) is 3.94. The summed E-state index contributed by atoms with van der Waals surface area (Å²) < 4.78 is 1.66. The van der Waals surface area contributed by atoms with Crippen molar-refractivity contribution in [3.8, 4) is 0 Å². The van der Waals surface area contributed by atoms with Crippen LogP contribution in [-0.4, -0.2) is 21.6 Å². The van der Waals surface area contributed by atoms with Crippen molar-refractivity contribution < 1.29 is 14.7 Å². The highest BCUT2D eigenvalue weighted by atomic mass is 32.1. The highest BCUT2D eigenvalue weighted by Gasteiger charge is 2.19. The second kappa shape index (κ2) is 4.19. The predicted molar refractivity (Wildman–Crippen MR) is 50.7 cm³/mol. The number of amides is 1. The lowest BCUT2D eigenvalue weighted by Crippen LogP contribution is -2.22. The molecule has 1 aromatic rings. The zero-order valence-electron chi connectivity index (χ0n) is 7.80. The van der Waals surface area contributed by atoms with Gasteiger partial charge < -0.3 is 9.67 Å². The van der Waals surface area contributed by atoms with Crippen LogP contribution in [0.4, 0.5) is 0 Å². The summed E-state index contributed by atoms with van der Waals surface area (Å²) in [5, 5.41) is 10.3. The van der Waals surface area contributed by atoms with Gasteiger partial charge >= 0.3 is 5.97 Å². The van der Waals surface area contributed by atoms with E-state index in [2.05, 4.69) is 4.99 Å². The predicted octanol–water partition coefficient (Wildman–Crippen LogP) is 0.235. The number of hydrogen-bond donors (Lipinski definition) is 1. The first-order chi connectivity index (χ1) is 6.52. The molecule has 1 N–H and O–H groups in total. The Labute approximate surface area is 84.3 Å². The molecule has 1 aromatic heterocycles. The third-order valence-corrected chi connectivity index (χ3v) is 2.55. The van der Waals surface area contributed by atoms with Gasteiger partial charge in [-0.05, 0) is 6.92 Å². The molecule has 6 heteroatoms. The molecule has 1 amide bonds. The average Bonchev–Trinajstić information content (AvgIpc) is 2.50. The van der Waals surface area contributed by atoms with E-state index >= 15 is 0 Å². The normalized spacial score (nSPS) is 14.0. The quantitative estimate of drug-likeness (QED) is 0.716. The minimum absolute atomic E-state index is 0.503. The molecule has 0 aliphatic rings. The molecule has 14 heavy (non-hydrogen) atoms. The number of rotatable bonds is 2. The lowest BCUT2D eigenvalue weighted by molar-refractivity contribution is -0.145. The van der Waals surface area contributed by atoms with Gasteiger partial charge in [0.15, 0.2) is 4.80 Å². The van der Waals surface area contributed by atoms with Crippen LogP contribution in [0.15, 0.2) is 16.6 Å². The second-order valence-corrected chi connectivity index (χ2v) is 3.68. The second-order valence-electron chi connectivity index (χ2n) is 2.81. The minimum Gasteiger partial charge on any atom is -0.481 e. The van der Waals surface area contributed by atoms with Crippen molar-refractivity contribution in [2.75, 3.05) is 0 Å². The van der Waals surface area contributed by atoms with Gasteiger partial charge in [-0.25, -0.2) is 0 Å². The Balaban J connectivity index is 2.95. The third-order valence-electron chi connectivity index (χ3n) is 1.71. The van der Waals surface area contributed by atoms with Crippen LogP contribution in [0.25, 0.3) is 0 Å². The summed E-state index contributed by atoms with van der Waals surface area (Å²) in [4.78, 5) is 25.9. The topological polar surface area (TPSA) is 71.7 Å². The molecule has 0 aliphatic heterocycles. The van der Waals surface area contributed by atoms with Gasteiger partial charge in [-0.1, -0.05) is 0 Å². The Hall–Kier alpha value is -1.43. The van der Waals surface area contributed by atoms with Gasteiger partial charge in [0, 0.05) is 18.6 Å². The van der Waals surface area contributed by atoms with E-state index in [-0.39, 0.29) is 0 Å². The van der Waals surface area contributed by atoms with Crippen LogP contribution in [0.1, 0.15) is 6.92 Å². The number of carboxylic acids is 1. The lowest BCUT2D eigenvalue weighted by Gasteiger charge is -1.98. The molecule has 0 spiro atoms. The van der Waals surface area contributed by atoms with E-state index in [1.165, 1.54) is 18.3 Å². The Kier molecular flexibility index (Phi) is 3.19. The molecule has 0 saturated carbocycles. The van der Waals surface area contributed by atoms with E-state index in [0.717, 1.165) is 0 Å². The van der Waals surface area contributed by atoms with E-state index in [1.54, 1.807) is 23.2 Å². The number of thiazole rings is 1. The summed E-state index contributed by atoms with van der Waals surface area (Å²) in [6.45, 7) is 1.32. The number of aryl methyl sites for hydroxylation is 1. The average molecular weight is 214 g/mol. The summed E-state index contributed by atoms with van der Waals surface area (Å²) in [6, 6.07) is 0. The first kappa shape index (κ1) is 10.6. The number of aromatic nitrogens is 1. The Morgan fingerprint density at radius 1 is 1.64 bits per heavy atom. The van der Waals surface area contributed by atoms with E-state index in [1.807, 2.05) is 0 Å². The van der Waals surface area contributed by atoms with Crippen molar-refractivity contribution >= 4 is 23.2 Å². The van der Waals surface area contributed by atoms with Gasteiger partial charge in [-0.2, -0.15) is 4.99 Å². The lowest BCUT2D eigenvalue weighted by atomic mass is 10.2. The zero-order valence-corrected chi connectivity index (χ0v) is 8.61. The maximum Gasteiger partial charge on any atom is 0.315 e. The molecule has 0 bridgehead atoms. The van der Waals surface area contributed by atoms with Crippen LogP contribution < -0.4 is 4.80 Å². The molecular weight excluding hydrogens is 204 g/mol. The largest absolute Gasteiger partial charge is 0.481 e. The molecule has 1 atom stereocenters. The van der Waals surface area contributed by atoms with Crippen LogP contribution in [-0.2, 0) is 16.6 Å². The molecular formula is C8H10N2O3S. The van der Waals surface area contributed by atoms with Crippen LogP contribution in [0.3, 0.4) is 0 Å². The maximum atomic E-state index is 11.2. The molecule has 0 saturated heterocycles. The summed E-state index contributed by atoms with van der Waals surface area (Å²) in [5.74, 6) is -2.87. The molecule has 0 aliphatic carbocycles. The molecule has 0 fully saturated rings.